The second-order valence-electron chi connectivity index (χ2n) is 4.90. The molecule has 24 heavy (non-hydrogen) atoms. The minimum Gasteiger partial charge on any atom is -0.364 e. The Bertz CT molecular complexity index is 841. The van der Waals surface area contributed by atoms with Gasteiger partial charge in [-0.25, -0.2) is 9.97 Å². The minimum absolute atomic E-state index is 0.282. The van der Waals surface area contributed by atoms with E-state index >= 15 is 0 Å². The van der Waals surface area contributed by atoms with Crippen LogP contribution in [0.25, 0.3) is 0 Å². The molecule has 3 aromatic rings. The van der Waals surface area contributed by atoms with Crippen molar-refractivity contribution < 1.29 is 4.79 Å². The first-order valence-electron chi connectivity index (χ1n) is 7.24. The molecule has 2 N–H and O–H groups in total. The second-order valence-corrected chi connectivity index (χ2v) is 5.75. The first-order chi connectivity index (χ1) is 11.7. The third-order valence-corrected chi connectivity index (χ3v) is 3.89. The van der Waals surface area contributed by atoms with Crippen molar-refractivity contribution in [1.29, 1.82) is 0 Å². The Morgan fingerprint density at radius 2 is 1.88 bits per heavy atom. The third kappa shape index (κ3) is 4.14. The van der Waals surface area contributed by atoms with Crippen molar-refractivity contribution in [3.05, 3.63) is 76.9 Å². The normalized spacial score (nSPS) is 10.2. The van der Waals surface area contributed by atoms with E-state index in [1.165, 1.54) is 6.33 Å². The molecule has 2 aromatic heterocycles. The lowest BCUT2D eigenvalue weighted by Gasteiger charge is -2.08. The van der Waals surface area contributed by atoms with Gasteiger partial charge in [-0.15, -0.1) is 0 Å². The van der Waals surface area contributed by atoms with E-state index in [-0.39, 0.29) is 11.6 Å². The molecule has 7 heteroatoms. The number of para-hydroxylation sites is 1. The summed E-state index contributed by atoms with van der Waals surface area (Å²) in [7, 11) is 0. The zero-order valence-electron chi connectivity index (χ0n) is 12.6. The molecule has 1 aromatic carbocycles. The molecule has 6 nitrogen and oxygen atoms in total. The van der Waals surface area contributed by atoms with E-state index in [2.05, 4.69) is 41.5 Å². The van der Waals surface area contributed by atoms with Gasteiger partial charge in [0.1, 0.15) is 17.8 Å². The lowest BCUT2D eigenvalue weighted by atomic mass is 10.3. The predicted octanol–water partition coefficient (Wildman–Crippen LogP) is 3.50. The number of aromatic nitrogens is 3. The number of carbonyl (C=O) groups excluding carboxylic acids is 1. The van der Waals surface area contributed by atoms with Gasteiger partial charge < -0.3 is 10.6 Å². The van der Waals surface area contributed by atoms with Crippen molar-refractivity contribution in [2.45, 2.75) is 6.54 Å². The number of rotatable bonds is 5. The SMILES string of the molecule is O=C(Nc1ccccc1Br)c1cc(NCc2ccccn2)ncn1. The molecular weight excluding hydrogens is 370 g/mol. The summed E-state index contributed by atoms with van der Waals surface area (Å²) in [5.41, 5.74) is 1.85. The van der Waals surface area contributed by atoms with Crippen molar-refractivity contribution in [3.63, 3.8) is 0 Å². The van der Waals surface area contributed by atoms with E-state index in [9.17, 15) is 4.79 Å². The fourth-order valence-corrected chi connectivity index (χ4v) is 2.39. The molecular formula is C17H14BrN5O. The Kier molecular flexibility index (Phi) is 5.12. The predicted molar refractivity (Wildman–Crippen MR) is 95.7 cm³/mol. The van der Waals surface area contributed by atoms with E-state index in [1.807, 2.05) is 42.5 Å². The molecule has 0 atom stereocenters. The summed E-state index contributed by atoms with van der Waals surface area (Å²) in [4.78, 5) is 24.7. The van der Waals surface area contributed by atoms with E-state index in [1.54, 1.807) is 12.3 Å². The number of amides is 1. The molecule has 0 fully saturated rings. The van der Waals surface area contributed by atoms with Crippen LogP contribution in [0.5, 0.6) is 0 Å². The van der Waals surface area contributed by atoms with Gasteiger partial charge in [-0.1, -0.05) is 18.2 Å². The van der Waals surface area contributed by atoms with Gasteiger partial charge >= 0.3 is 0 Å². The second kappa shape index (κ2) is 7.65. The molecule has 0 aliphatic rings. The van der Waals surface area contributed by atoms with Crippen LogP contribution >= 0.6 is 15.9 Å². The van der Waals surface area contributed by atoms with Gasteiger partial charge in [0.15, 0.2) is 0 Å². The maximum absolute atomic E-state index is 12.3. The van der Waals surface area contributed by atoms with Crippen LogP contribution in [0.4, 0.5) is 11.5 Å². The summed E-state index contributed by atoms with van der Waals surface area (Å²) in [6, 6.07) is 14.7. The Balaban J connectivity index is 1.68. The molecule has 0 saturated heterocycles. The topological polar surface area (TPSA) is 79.8 Å². The fraction of sp³-hybridized carbons (Fsp3) is 0.0588. The summed E-state index contributed by atoms with van der Waals surface area (Å²) >= 11 is 3.40. The number of hydrogen-bond acceptors (Lipinski definition) is 5. The Labute approximate surface area is 147 Å². The van der Waals surface area contributed by atoms with Gasteiger partial charge in [-0.3, -0.25) is 9.78 Å². The summed E-state index contributed by atoms with van der Waals surface area (Å²) in [6.07, 6.45) is 3.09. The molecule has 0 radical (unpaired) electrons. The van der Waals surface area contributed by atoms with Gasteiger partial charge in [0.05, 0.1) is 17.9 Å². The number of halogens is 1. The molecule has 0 bridgehead atoms. The monoisotopic (exact) mass is 383 g/mol. The van der Waals surface area contributed by atoms with Gasteiger partial charge in [0, 0.05) is 16.7 Å². The minimum atomic E-state index is -0.301. The highest BCUT2D eigenvalue weighted by atomic mass is 79.9. The fourth-order valence-electron chi connectivity index (χ4n) is 2.01. The Morgan fingerprint density at radius 1 is 1.04 bits per heavy atom. The first-order valence-corrected chi connectivity index (χ1v) is 8.03. The Hall–Kier alpha value is -2.80. The standard InChI is InChI=1S/C17H14BrN5O/c18-13-6-1-2-7-14(13)23-17(24)15-9-16(22-11-21-15)20-10-12-5-3-4-8-19-12/h1-9,11H,10H2,(H,23,24)(H,20,21,22). The van der Waals surface area contributed by atoms with Crippen molar-refractivity contribution >= 4 is 33.3 Å². The average molecular weight is 384 g/mol. The number of nitrogens with one attached hydrogen (secondary N) is 2. The zero-order valence-corrected chi connectivity index (χ0v) is 14.2. The highest BCUT2D eigenvalue weighted by molar-refractivity contribution is 9.10. The van der Waals surface area contributed by atoms with Gasteiger partial charge in [0.2, 0.25) is 0 Å². The van der Waals surface area contributed by atoms with Gasteiger partial charge in [-0.2, -0.15) is 0 Å². The van der Waals surface area contributed by atoms with E-state index in [0.717, 1.165) is 10.2 Å². The van der Waals surface area contributed by atoms with E-state index in [0.29, 0.717) is 18.1 Å². The van der Waals surface area contributed by atoms with Crippen LogP contribution in [0.3, 0.4) is 0 Å². The summed E-state index contributed by atoms with van der Waals surface area (Å²) in [6.45, 7) is 0.517. The lowest BCUT2D eigenvalue weighted by molar-refractivity contribution is 0.102. The van der Waals surface area contributed by atoms with Crippen LogP contribution in [-0.2, 0) is 6.54 Å². The Morgan fingerprint density at radius 3 is 2.67 bits per heavy atom. The number of benzene rings is 1. The highest BCUT2D eigenvalue weighted by Gasteiger charge is 2.10. The molecule has 0 unspecified atom stereocenters. The molecule has 3 rings (SSSR count). The average Bonchev–Trinajstić information content (AvgIpc) is 2.63. The van der Waals surface area contributed by atoms with Crippen molar-refractivity contribution in [3.8, 4) is 0 Å². The van der Waals surface area contributed by atoms with Crippen molar-refractivity contribution in [2.75, 3.05) is 10.6 Å². The number of pyridine rings is 1. The first kappa shape index (κ1) is 16.1. The van der Waals surface area contributed by atoms with Crippen LogP contribution in [0.2, 0.25) is 0 Å². The highest BCUT2D eigenvalue weighted by Crippen LogP contribution is 2.21. The van der Waals surface area contributed by atoms with E-state index < -0.39 is 0 Å². The van der Waals surface area contributed by atoms with Crippen LogP contribution in [0.15, 0.2) is 65.5 Å². The largest absolute Gasteiger partial charge is 0.364 e. The number of anilines is 2. The smallest absolute Gasteiger partial charge is 0.274 e. The van der Waals surface area contributed by atoms with Crippen LogP contribution in [0, 0.1) is 0 Å². The maximum atomic E-state index is 12.3. The number of carbonyl (C=O) groups is 1. The quantitative estimate of drug-likeness (QED) is 0.704. The number of hydrogen-bond donors (Lipinski definition) is 2. The summed E-state index contributed by atoms with van der Waals surface area (Å²) in [5, 5.41) is 5.94. The van der Waals surface area contributed by atoms with Gasteiger partial charge in [-0.05, 0) is 40.2 Å². The van der Waals surface area contributed by atoms with Gasteiger partial charge in [0.25, 0.3) is 5.91 Å². The third-order valence-electron chi connectivity index (χ3n) is 3.20. The molecule has 0 spiro atoms. The summed E-state index contributed by atoms with van der Waals surface area (Å²) in [5.74, 6) is 0.262. The van der Waals surface area contributed by atoms with Crippen molar-refractivity contribution in [2.24, 2.45) is 0 Å². The lowest BCUT2D eigenvalue weighted by Crippen LogP contribution is -2.15. The molecule has 0 aliphatic heterocycles. The summed E-state index contributed by atoms with van der Waals surface area (Å²) < 4.78 is 0.806. The van der Waals surface area contributed by atoms with Crippen LogP contribution in [-0.4, -0.2) is 20.9 Å². The van der Waals surface area contributed by atoms with E-state index in [4.69, 9.17) is 0 Å². The van der Waals surface area contributed by atoms with Crippen LogP contribution in [0.1, 0.15) is 16.2 Å². The van der Waals surface area contributed by atoms with Crippen molar-refractivity contribution in [1.82, 2.24) is 15.0 Å². The molecule has 0 saturated carbocycles. The molecule has 2 heterocycles. The van der Waals surface area contributed by atoms with Crippen LogP contribution < -0.4 is 10.6 Å². The zero-order chi connectivity index (χ0) is 16.8. The molecule has 0 aliphatic carbocycles. The molecule has 1 amide bonds. The molecule has 120 valence electrons. The maximum Gasteiger partial charge on any atom is 0.274 e. The number of nitrogens with zero attached hydrogens (tertiary/aromatic N) is 3.